The molecule has 1 aromatic carbocycles. The molecule has 104 valence electrons. The molecule has 1 saturated carbocycles. The van der Waals surface area contributed by atoms with Crippen LogP contribution in [0.3, 0.4) is 0 Å². The number of nitrogens with one attached hydrogen (secondary N) is 1. The third-order valence-electron chi connectivity index (χ3n) is 4.14. The highest BCUT2D eigenvalue weighted by Crippen LogP contribution is 2.37. The number of aliphatic hydroxyl groups excluding tert-OH is 1. The summed E-state index contributed by atoms with van der Waals surface area (Å²) in [6.45, 7) is 2.65. The van der Waals surface area contributed by atoms with Crippen molar-refractivity contribution in [3.63, 3.8) is 0 Å². The van der Waals surface area contributed by atoms with E-state index in [9.17, 15) is 9.90 Å². The highest BCUT2D eigenvalue weighted by atomic mass is 79.9. The molecule has 0 heterocycles. The molecule has 1 aromatic rings. The van der Waals surface area contributed by atoms with E-state index in [1.54, 1.807) is 0 Å². The zero-order valence-electron chi connectivity index (χ0n) is 11.2. The number of hydrogen-bond acceptors (Lipinski definition) is 2. The standard InChI is InChI=1S/C15H20BrNO2/c1-11-12(5-4-6-13(11)16)14(19)17-9-15(10-18)7-2-3-8-15/h4-6,18H,2-3,7-10H2,1H3,(H,17,19). The number of amides is 1. The van der Waals surface area contributed by atoms with Gasteiger partial charge in [0, 0.05) is 22.0 Å². The van der Waals surface area contributed by atoms with E-state index in [1.807, 2.05) is 25.1 Å². The van der Waals surface area contributed by atoms with Crippen molar-refractivity contribution in [2.75, 3.05) is 13.2 Å². The van der Waals surface area contributed by atoms with Crippen LogP contribution in [0.4, 0.5) is 0 Å². The molecule has 0 radical (unpaired) electrons. The van der Waals surface area contributed by atoms with Crippen molar-refractivity contribution < 1.29 is 9.90 Å². The SMILES string of the molecule is Cc1c(Br)cccc1C(=O)NCC1(CO)CCCC1. The van der Waals surface area contributed by atoms with E-state index in [-0.39, 0.29) is 17.9 Å². The Hall–Kier alpha value is -0.870. The summed E-state index contributed by atoms with van der Waals surface area (Å²) in [7, 11) is 0. The molecule has 1 fully saturated rings. The van der Waals surface area contributed by atoms with E-state index in [2.05, 4.69) is 21.2 Å². The Bertz CT molecular complexity index is 467. The summed E-state index contributed by atoms with van der Waals surface area (Å²) < 4.78 is 0.942. The van der Waals surface area contributed by atoms with Crippen molar-refractivity contribution in [3.05, 3.63) is 33.8 Å². The molecule has 0 unspecified atom stereocenters. The zero-order chi connectivity index (χ0) is 13.9. The molecule has 19 heavy (non-hydrogen) atoms. The molecule has 0 saturated heterocycles. The predicted octanol–water partition coefficient (Wildman–Crippen LogP) is 3.04. The zero-order valence-corrected chi connectivity index (χ0v) is 12.8. The van der Waals surface area contributed by atoms with Gasteiger partial charge in [-0.1, -0.05) is 34.8 Å². The average molecular weight is 326 g/mol. The smallest absolute Gasteiger partial charge is 0.251 e. The molecule has 2 N–H and O–H groups in total. The van der Waals surface area contributed by atoms with Crippen molar-refractivity contribution in [1.29, 1.82) is 0 Å². The summed E-state index contributed by atoms with van der Waals surface area (Å²) in [6, 6.07) is 5.62. The van der Waals surface area contributed by atoms with Crippen LogP contribution in [0.2, 0.25) is 0 Å². The minimum Gasteiger partial charge on any atom is -0.396 e. The van der Waals surface area contributed by atoms with E-state index in [0.717, 1.165) is 35.7 Å². The first-order chi connectivity index (χ1) is 9.08. The third kappa shape index (κ3) is 3.18. The number of carbonyl (C=O) groups excluding carboxylic acids is 1. The van der Waals surface area contributed by atoms with Crippen LogP contribution in [-0.4, -0.2) is 24.2 Å². The first-order valence-corrected chi connectivity index (χ1v) is 7.51. The van der Waals surface area contributed by atoms with Gasteiger partial charge in [-0.05, 0) is 37.5 Å². The van der Waals surface area contributed by atoms with E-state index >= 15 is 0 Å². The van der Waals surface area contributed by atoms with Crippen LogP contribution in [0.25, 0.3) is 0 Å². The average Bonchev–Trinajstić information content (AvgIpc) is 2.89. The van der Waals surface area contributed by atoms with Gasteiger partial charge >= 0.3 is 0 Å². The lowest BCUT2D eigenvalue weighted by molar-refractivity contribution is 0.0880. The van der Waals surface area contributed by atoms with Gasteiger partial charge in [-0.15, -0.1) is 0 Å². The van der Waals surface area contributed by atoms with Crippen molar-refractivity contribution in [2.24, 2.45) is 5.41 Å². The first kappa shape index (κ1) is 14.5. The quantitative estimate of drug-likeness (QED) is 0.893. The van der Waals surface area contributed by atoms with Gasteiger partial charge in [0.05, 0.1) is 6.61 Å². The van der Waals surface area contributed by atoms with E-state index in [4.69, 9.17) is 0 Å². The Kier molecular flexibility index (Phi) is 4.63. The summed E-state index contributed by atoms with van der Waals surface area (Å²) in [5.41, 5.74) is 1.54. The summed E-state index contributed by atoms with van der Waals surface area (Å²) in [5.74, 6) is -0.0569. The normalized spacial score (nSPS) is 17.4. The van der Waals surface area contributed by atoms with Gasteiger partial charge in [0.2, 0.25) is 0 Å². The molecular weight excluding hydrogens is 306 g/mol. The number of benzene rings is 1. The van der Waals surface area contributed by atoms with Crippen LogP contribution in [0.5, 0.6) is 0 Å². The fraction of sp³-hybridized carbons (Fsp3) is 0.533. The molecule has 1 amide bonds. The summed E-state index contributed by atoms with van der Waals surface area (Å²) >= 11 is 3.44. The molecule has 0 aromatic heterocycles. The summed E-state index contributed by atoms with van der Waals surface area (Å²) in [5, 5.41) is 12.5. The van der Waals surface area contributed by atoms with Crippen LogP contribution in [0.15, 0.2) is 22.7 Å². The lowest BCUT2D eigenvalue weighted by atomic mass is 9.87. The Balaban J connectivity index is 2.03. The predicted molar refractivity (Wildman–Crippen MR) is 79.2 cm³/mol. The molecule has 1 aliphatic rings. The highest BCUT2D eigenvalue weighted by Gasteiger charge is 2.33. The number of halogens is 1. The maximum Gasteiger partial charge on any atom is 0.251 e. The van der Waals surface area contributed by atoms with Crippen LogP contribution in [0.1, 0.15) is 41.6 Å². The first-order valence-electron chi connectivity index (χ1n) is 6.72. The lowest BCUT2D eigenvalue weighted by Gasteiger charge is -2.26. The van der Waals surface area contributed by atoms with Gasteiger partial charge in [0.25, 0.3) is 5.91 Å². The van der Waals surface area contributed by atoms with Crippen LogP contribution < -0.4 is 5.32 Å². The minimum absolute atomic E-state index is 0.0569. The lowest BCUT2D eigenvalue weighted by Crippen LogP contribution is -2.38. The largest absolute Gasteiger partial charge is 0.396 e. The Morgan fingerprint density at radius 1 is 1.42 bits per heavy atom. The van der Waals surface area contributed by atoms with Crippen molar-refractivity contribution in [2.45, 2.75) is 32.6 Å². The van der Waals surface area contributed by atoms with Crippen LogP contribution in [-0.2, 0) is 0 Å². The van der Waals surface area contributed by atoms with E-state index in [0.29, 0.717) is 12.1 Å². The Morgan fingerprint density at radius 2 is 2.11 bits per heavy atom. The number of aliphatic hydroxyl groups is 1. The fourth-order valence-electron chi connectivity index (χ4n) is 2.73. The van der Waals surface area contributed by atoms with Gasteiger partial charge in [0.15, 0.2) is 0 Å². The molecule has 1 aliphatic carbocycles. The highest BCUT2D eigenvalue weighted by molar-refractivity contribution is 9.10. The molecule has 0 bridgehead atoms. The van der Waals surface area contributed by atoms with Gasteiger partial charge in [-0.3, -0.25) is 4.79 Å². The third-order valence-corrected chi connectivity index (χ3v) is 4.99. The second kappa shape index (κ2) is 6.06. The molecular formula is C15H20BrNO2. The van der Waals surface area contributed by atoms with Gasteiger partial charge < -0.3 is 10.4 Å². The van der Waals surface area contributed by atoms with Crippen molar-refractivity contribution in [1.82, 2.24) is 5.32 Å². The van der Waals surface area contributed by atoms with Gasteiger partial charge in [-0.25, -0.2) is 0 Å². The molecule has 0 aliphatic heterocycles. The fourth-order valence-corrected chi connectivity index (χ4v) is 3.10. The van der Waals surface area contributed by atoms with Crippen molar-refractivity contribution >= 4 is 21.8 Å². The number of hydrogen-bond donors (Lipinski definition) is 2. The summed E-state index contributed by atoms with van der Waals surface area (Å²) in [4.78, 5) is 12.2. The van der Waals surface area contributed by atoms with Gasteiger partial charge in [0.1, 0.15) is 0 Å². The molecule has 2 rings (SSSR count). The van der Waals surface area contributed by atoms with Crippen LogP contribution >= 0.6 is 15.9 Å². The molecule has 4 heteroatoms. The second-order valence-corrected chi connectivity index (χ2v) is 6.31. The molecule has 3 nitrogen and oxygen atoms in total. The van der Waals surface area contributed by atoms with Crippen LogP contribution in [0, 0.1) is 12.3 Å². The minimum atomic E-state index is -0.102. The van der Waals surface area contributed by atoms with Gasteiger partial charge in [-0.2, -0.15) is 0 Å². The Labute approximate surface area is 122 Å². The Morgan fingerprint density at radius 3 is 2.74 bits per heavy atom. The second-order valence-electron chi connectivity index (χ2n) is 5.46. The molecule has 0 atom stereocenters. The number of carbonyl (C=O) groups is 1. The van der Waals surface area contributed by atoms with Crippen molar-refractivity contribution in [3.8, 4) is 0 Å². The summed E-state index contributed by atoms with van der Waals surface area (Å²) in [6.07, 6.45) is 4.29. The van der Waals surface area contributed by atoms with E-state index in [1.165, 1.54) is 0 Å². The topological polar surface area (TPSA) is 49.3 Å². The van der Waals surface area contributed by atoms with E-state index < -0.39 is 0 Å². The maximum atomic E-state index is 12.2. The monoisotopic (exact) mass is 325 g/mol. The maximum absolute atomic E-state index is 12.2. The number of rotatable bonds is 4. The molecule has 0 spiro atoms.